The Labute approximate surface area is 146 Å². The van der Waals surface area contributed by atoms with Crippen LogP contribution in [-0.4, -0.2) is 22.2 Å². The van der Waals surface area contributed by atoms with Gasteiger partial charge in [0.05, 0.1) is 11.1 Å². The second-order valence-corrected chi connectivity index (χ2v) is 6.42. The molecule has 0 aromatic heterocycles. The molecule has 0 amide bonds. The Bertz CT molecular complexity index is 855. The zero-order valence-corrected chi connectivity index (χ0v) is 14.1. The van der Waals surface area contributed by atoms with Crippen LogP contribution in [0.4, 0.5) is 0 Å². The summed E-state index contributed by atoms with van der Waals surface area (Å²) in [6.07, 6.45) is 11.4. The zero-order chi connectivity index (χ0) is 18.1. The van der Waals surface area contributed by atoms with Crippen molar-refractivity contribution in [3.05, 3.63) is 82.5 Å². The molecule has 1 aromatic rings. The molecule has 1 aromatic carbocycles. The first-order valence-corrected chi connectivity index (χ1v) is 8.27. The van der Waals surface area contributed by atoms with Crippen molar-refractivity contribution in [2.24, 2.45) is 5.92 Å². The van der Waals surface area contributed by atoms with Crippen LogP contribution in [0.2, 0.25) is 0 Å². The Morgan fingerprint density at radius 3 is 2.48 bits per heavy atom. The van der Waals surface area contributed by atoms with Gasteiger partial charge in [0.2, 0.25) is 0 Å². The average Bonchev–Trinajstić information content (AvgIpc) is 3.03. The molecule has 0 saturated carbocycles. The fraction of sp³-hybridized carbons (Fsp3) is 0.238. The minimum atomic E-state index is -0.953. The predicted molar refractivity (Wildman–Crippen MR) is 95.8 cm³/mol. The van der Waals surface area contributed by atoms with E-state index in [1.54, 1.807) is 24.3 Å². The molecule has 128 valence electrons. The van der Waals surface area contributed by atoms with E-state index in [0.29, 0.717) is 5.57 Å². The van der Waals surface area contributed by atoms with E-state index in [-0.39, 0.29) is 23.3 Å². The first kappa shape index (κ1) is 17.0. The van der Waals surface area contributed by atoms with Crippen molar-refractivity contribution in [2.75, 3.05) is 0 Å². The van der Waals surface area contributed by atoms with Crippen molar-refractivity contribution in [2.45, 2.75) is 25.7 Å². The van der Waals surface area contributed by atoms with Crippen LogP contribution < -0.4 is 0 Å². The summed E-state index contributed by atoms with van der Waals surface area (Å²) >= 11 is 0. The molecule has 4 heteroatoms. The molecule has 3 unspecified atom stereocenters. The molecule has 4 nitrogen and oxygen atoms in total. The highest BCUT2D eigenvalue weighted by Gasteiger charge is 2.38. The lowest BCUT2D eigenvalue weighted by Gasteiger charge is -2.35. The van der Waals surface area contributed by atoms with E-state index in [1.807, 2.05) is 44.2 Å². The number of carbonyl (C=O) groups is 2. The molecule has 25 heavy (non-hydrogen) atoms. The smallest absolute Gasteiger partial charge is 0.335 e. The summed E-state index contributed by atoms with van der Waals surface area (Å²) < 4.78 is 0. The average molecular weight is 336 g/mol. The number of fused-ring (bicyclic) bond motifs is 2. The highest BCUT2D eigenvalue weighted by atomic mass is 16.4. The maximum Gasteiger partial charge on any atom is 0.335 e. The first-order chi connectivity index (χ1) is 11.9. The van der Waals surface area contributed by atoms with E-state index in [4.69, 9.17) is 0 Å². The van der Waals surface area contributed by atoms with Gasteiger partial charge in [-0.2, -0.15) is 0 Å². The molecule has 3 atom stereocenters. The fourth-order valence-corrected chi connectivity index (χ4v) is 3.74. The van der Waals surface area contributed by atoms with Crippen LogP contribution in [-0.2, 0) is 4.79 Å². The predicted octanol–water partition coefficient (Wildman–Crippen LogP) is 4.29. The van der Waals surface area contributed by atoms with Gasteiger partial charge in [-0.25, -0.2) is 9.59 Å². The Hall–Kier alpha value is -2.88. The normalized spacial score (nSPS) is 24.8. The largest absolute Gasteiger partial charge is 0.478 e. The zero-order valence-electron chi connectivity index (χ0n) is 14.1. The van der Waals surface area contributed by atoms with Crippen LogP contribution in [0.25, 0.3) is 0 Å². The topological polar surface area (TPSA) is 74.6 Å². The summed E-state index contributed by atoms with van der Waals surface area (Å²) in [5.41, 5.74) is 3.64. The molecule has 0 aliphatic heterocycles. The molecule has 0 heterocycles. The molecule has 0 spiro atoms. The minimum Gasteiger partial charge on any atom is -0.478 e. The summed E-state index contributed by atoms with van der Waals surface area (Å²) in [5, 5.41) is 18.7. The SMILES string of the molecule is C/C=C\C=C/C1C2=CC(C(=O)O)=CC2C(C)c2cc(C(=O)O)ccc21. The van der Waals surface area contributed by atoms with E-state index in [0.717, 1.165) is 16.7 Å². The van der Waals surface area contributed by atoms with E-state index in [2.05, 4.69) is 0 Å². The van der Waals surface area contributed by atoms with Crippen molar-refractivity contribution >= 4 is 11.9 Å². The molecule has 0 fully saturated rings. The van der Waals surface area contributed by atoms with Gasteiger partial charge in [0.15, 0.2) is 0 Å². The third-order valence-corrected chi connectivity index (χ3v) is 4.98. The molecular weight excluding hydrogens is 316 g/mol. The lowest BCUT2D eigenvalue weighted by atomic mass is 9.68. The van der Waals surface area contributed by atoms with Crippen LogP contribution in [0.15, 0.2) is 65.8 Å². The molecule has 3 rings (SSSR count). The monoisotopic (exact) mass is 336 g/mol. The van der Waals surface area contributed by atoms with E-state index < -0.39 is 11.9 Å². The van der Waals surface area contributed by atoms with Crippen molar-refractivity contribution in [1.29, 1.82) is 0 Å². The van der Waals surface area contributed by atoms with Gasteiger partial charge < -0.3 is 10.2 Å². The van der Waals surface area contributed by atoms with Gasteiger partial charge in [-0.1, -0.05) is 48.9 Å². The van der Waals surface area contributed by atoms with Gasteiger partial charge in [0.1, 0.15) is 0 Å². The van der Waals surface area contributed by atoms with Gasteiger partial charge in [-0.05, 0) is 42.2 Å². The third kappa shape index (κ3) is 2.95. The molecule has 0 saturated heterocycles. The van der Waals surface area contributed by atoms with Crippen LogP contribution in [0.1, 0.15) is 47.2 Å². The summed E-state index contributed by atoms with van der Waals surface area (Å²) in [5.74, 6) is -1.93. The number of hydrogen-bond donors (Lipinski definition) is 2. The molecule has 0 bridgehead atoms. The number of hydrogen-bond acceptors (Lipinski definition) is 2. The van der Waals surface area contributed by atoms with Crippen LogP contribution in [0.3, 0.4) is 0 Å². The van der Waals surface area contributed by atoms with E-state index in [9.17, 15) is 19.8 Å². The quantitative estimate of drug-likeness (QED) is 0.805. The van der Waals surface area contributed by atoms with Crippen molar-refractivity contribution in [3.63, 3.8) is 0 Å². The van der Waals surface area contributed by atoms with E-state index in [1.165, 1.54) is 0 Å². The van der Waals surface area contributed by atoms with Gasteiger partial charge in [0, 0.05) is 11.8 Å². The number of carboxylic acids is 2. The van der Waals surface area contributed by atoms with Crippen LogP contribution >= 0.6 is 0 Å². The second-order valence-electron chi connectivity index (χ2n) is 6.42. The second kappa shape index (κ2) is 6.55. The number of benzene rings is 1. The standard InChI is InChI=1S/C21H20O4/c1-3-4-5-6-15-16-8-7-13(20(22)23)9-17(16)12(2)18-10-14(21(24)25)11-19(15)18/h3-12,15,18H,1-2H3,(H,22,23)(H,24,25)/b4-3-,6-5-. The van der Waals surface area contributed by atoms with Crippen molar-refractivity contribution in [1.82, 2.24) is 0 Å². The molecule has 2 N–H and O–H groups in total. The van der Waals surface area contributed by atoms with E-state index >= 15 is 0 Å². The fourth-order valence-electron chi connectivity index (χ4n) is 3.74. The minimum absolute atomic E-state index is 0.0251. The lowest BCUT2D eigenvalue weighted by Crippen LogP contribution is -2.22. The number of aliphatic carboxylic acids is 1. The summed E-state index contributed by atoms with van der Waals surface area (Å²) in [6.45, 7) is 3.96. The van der Waals surface area contributed by atoms with Crippen molar-refractivity contribution < 1.29 is 19.8 Å². The molecule has 2 aliphatic rings. The Kier molecular flexibility index (Phi) is 4.45. The Balaban J connectivity index is 2.15. The highest BCUT2D eigenvalue weighted by molar-refractivity contribution is 5.92. The number of rotatable bonds is 4. The van der Waals surface area contributed by atoms with Crippen LogP contribution in [0.5, 0.6) is 0 Å². The maximum atomic E-state index is 11.4. The van der Waals surface area contributed by atoms with Gasteiger partial charge in [0.25, 0.3) is 0 Å². The van der Waals surface area contributed by atoms with Crippen molar-refractivity contribution in [3.8, 4) is 0 Å². The highest BCUT2D eigenvalue weighted by Crippen LogP contribution is 2.50. The molecular formula is C21H20O4. The number of carboxylic acid groups (broad SMARTS) is 2. The number of aromatic carboxylic acids is 1. The summed E-state index contributed by atoms with van der Waals surface area (Å²) in [7, 11) is 0. The van der Waals surface area contributed by atoms with Crippen LogP contribution in [0, 0.1) is 5.92 Å². The van der Waals surface area contributed by atoms with Gasteiger partial charge in [-0.15, -0.1) is 0 Å². The summed E-state index contributed by atoms with van der Waals surface area (Å²) in [6, 6.07) is 5.20. The Morgan fingerprint density at radius 2 is 1.84 bits per heavy atom. The van der Waals surface area contributed by atoms with Gasteiger partial charge in [-0.3, -0.25) is 0 Å². The first-order valence-electron chi connectivity index (χ1n) is 8.27. The third-order valence-electron chi connectivity index (χ3n) is 4.98. The number of allylic oxidation sites excluding steroid dienone is 6. The summed E-state index contributed by atoms with van der Waals surface area (Å²) in [4.78, 5) is 22.7. The molecule has 2 aliphatic carbocycles. The van der Waals surface area contributed by atoms with Gasteiger partial charge >= 0.3 is 11.9 Å². The Morgan fingerprint density at radius 1 is 1.08 bits per heavy atom. The molecule has 0 radical (unpaired) electrons. The maximum absolute atomic E-state index is 11.4. The lowest BCUT2D eigenvalue weighted by molar-refractivity contribution is -0.132.